The summed E-state index contributed by atoms with van der Waals surface area (Å²) in [7, 11) is 0. The van der Waals surface area contributed by atoms with Gasteiger partial charge < -0.3 is 105 Å². The van der Waals surface area contributed by atoms with Gasteiger partial charge in [0.2, 0.25) is 5.91 Å². The average molecular weight is 708 g/mol. The van der Waals surface area contributed by atoms with Crippen molar-refractivity contribution in [3.8, 4) is 0 Å². The smallest absolute Gasteiger partial charge is 0.217 e. The summed E-state index contributed by atoms with van der Waals surface area (Å²) in [4.78, 5) is 23.1. The molecule has 0 spiro atoms. The number of aldehydes is 1. The number of aliphatic hydroxyl groups excluding tert-OH is 13. The Kier molecular flexibility index (Phi) is 15.3. The Morgan fingerprint density at radius 2 is 1.23 bits per heavy atom. The van der Waals surface area contributed by atoms with Crippen LogP contribution in [-0.2, 0) is 38.0 Å². The molecule has 3 saturated heterocycles. The van der Waals surface area contributed by atoms with Crippen molar-refractivity contribution in [2.75, 3.05) is 26.4 Å². The Morgan fingerprint density at radius 1 is 0.708 bits per heavy atom. The fourth-order valence-electron chi connectivity index (χ4n) is 5.48. The molecular weight excluding hydrogens is 662 g/mol. The molecule has 3 aliphatic heterocycles. The summed E-state index contributed by atoms with van der Waals surface area (Å²) in [6, 6.07) is -1.61. The molecule has 3 heterocycles. The maximum atomic E-state index is 12.0. The van der Waals surface area contributed by atoms with Crippen LogP contribution in [0.3, 0.4) is 0 Å². The van der Waals surface area contributed by atoms with Crippen molar-refractivity contribution in [3.63, 3.8) is 0 Å². The van der Waals surface area contributed by atoms with Crippen LogP contribution < -0.4 is 5.32 Å². The molecule has 0 bridgehead atoms. The monoisotopic (exact) mass is 707 g/mol. The van der Waals surface area contributed by atoms with Crippen LogP contribution >= 0.6 is 0 Å². The van der Waals surface area contributed by atoms with Crippen LogP contribution in [0, 0.1) is 0 Å². The molecule has 3 aliphatic rings. The van der Waals surface area contributed by atoms with Gasteiger partial charge in [0.05, 0.1) is 26.4 Å². The SMILES string of the molecule is CC(=O)N[C@H]1[C@H](O[C@@H]2[C@@H](O)[C@H](O[C@@H]([C@H](O)[C@@H](O)C=O)[C@H](O)CO)O[C@H](CO)[C@@H]2O[C@@H]2O[C@H](CO)[C@H](O)[C@H](O)[C@H]2O)O[C@H](CO)[C@@H](O)[C@@H]1O. The number of amides is 1. The number of carbonyl (C=O) groups is 2. The lowest BCUT2D eigenvalue weighted by Gasteiger charge is -2.50. The number of aliphatic hydroxyl groups is 13. The number of rotatable bonds is 15. The second-order valence-electron chi connectivity index (χ2n) is 11.5. The minimum atomic E-state index is -2.22. The first kappa shape index (κ1) is 40.8. The quantitative estimate of drug-likeness (QED) is 0.0702. The molecule has 0 aliphatic carbocycles. The van der Waals surface area contributed by atoms with Gasteiger partial charge in [-0.05, 0) is 0 Å². The fourth-order valence-corrected chi connectivity index (χ4v) is 5.48. The number of nitrogens with one attached hydrogen (secondary N) is 1. The molecule has 0 saturated carbocycles. The van der Waals surface area contributed by atoms with Crippen LogP contribution in [0.5, 0.6) is 0 Å². The van der Waals surface area contributed by atoms with E-state index in [1.165, 1.54) is 0 Å². The predicted octanol–water partition coefficient (Wildman–Crippen LogP) is -9.76. The first-order chi connectivity index (χ1) is 22.6. The minimum Gasteiger partial charge on any atom is -0.394 e. The highest BCUT2D eigenvalue weighted by Gasteiger charge is 2.55. The summed E-state index contributed by atoms with van der Waals surface area (Å²) in [5, 5.41) is 136. The van der Waals surface area contributed by atoms with Gasteiger partial charge >= 0.3 is 0 Å². The van der Waals surface area contributed by atoms with Crippen LogP contribution in [0.25, 0.3) is 0 Å². The summed E-state index contributed by atoms with van der Waals surface area (Å²) >= 11 is 0. The van der Waals surface area contributed by atoms with Crippen molar-refractivity contribution in [2.24, 2.45) is 0 Å². The topological polar surface area (TPSA) is 365 Å². The van der Waals surface area contributed by atoms with E-state index in [1.54, 1.807) is 0 Å². The van der Waals surface area contributed by atoms with E-state index in [0.29, 0.717) is 0 Å². The van der Waals surface area contributed by atoms with E-state index < -0.39 is 149 Å². The highest BCUT2D eigenvalue weighted by atomic mass is 16.8. The summed E-state index contributed by atoms with van der Waals surface area (Å²) in [5.41, 5.74) is 0. The second-order valence-corrected chi connectivity index (χ2v) is 11.5. The highest BCUT2D eigenvalue weighted by Crippen LogP contribution is 2.34. The Balaban J connectivity index is 2.04. The van der Waals surface area contributed by atoms with E-state index in [2.05, 4.69) is 5.32 Å². The van der Waals surface area contributed by atoms with Gasteiger partial charge in [0.15, 0.2) is 25.2 Å². The highest BCUT2D eigenvalue weighted by molar-refractivity contribution is 5.73. The summed E-state index contributed by atoms with van der Waals surface area (Å²) in [6.45, 7) is -2.83. The van der Waals surface area contributed by atoms with Crippen molar-refractivity contribution < 1.29 is 104 Å². The number of ether oxygens (including phenoxy) is 6. The van der Waals surface area contributed by atoms with Crippen molar-refractivity contribution in [2.45, 2.75) is 123 Å². The van der Waals surface area contributed by atoms with Crippen LogP contribution in [-0.4, -0.2) is 221 Å². The number of hydrogen-bond donors (Lipinski definition) is 14. The average Bonchev–Trinajstić information content (AvgIpc) is 3.07. The molecule has 3 rings (SSSR count). The maximum Gasteiger partial charge on any atom is 0.217 e. The van der Waals surface area contributed by atoms with Crippen LogP contribution in [0.2, 0.25) is 0 Å². The van der Waals surface area contributed by atoms with Gasteiger partial charge in [-0.1, -0.05) is 0 Å². The van der Waals surface area contributed by atoms with Gasteiger partial charge in [-0.2, -0.15) is 0 Å². The molecule has 14 N–H and O–H groups in total. The molecular formula is C26H45NO21. The Morgan fingerprint density at radius 3 is 1.75 bits per heavy atom. The molecule has 0 aromatic heterocycles. The third-order valence-corrected chi connectivity index (χ3v) is 8.16. The van der Waals surface area contributed by atoms with Crippen molar-refractivity contribution in [1.82, 2.24) is 5.32 Å². The molecule has 3 fully saturated rings. The van der Waals surface area contributed by atoms with E-state index in [4.69, 9.17) is 28.4 Å². The zero-order valence-corrected chi connectivity index (χ0v) is 25.5. The van der Waals surface area contributed by atoms with Gasteiger partial charge in [-0.15, -0.1) is 0 Å². The molecule has 48 heavy (non-hydrogen) atoms. The Hall–Kier alpha value is -1.62. The fraction of sp³-hybridized carbons (Fsp3) is 0.923. The summed E-state index contributed by atoms with van der Waals surface area (Å²) in [6.07, 6.45) is -34.5. The standard InChI is InChI=1S/C26H45NO21/c1-7(33)27-13-17(39)15(37)10(4-30)43-24(13)48-23-20(42)26(46-21(9(35)3-29)14(36)8(34)2-28)45-12(6-32)22(23)47-25-19(41)18(40)16(38)11(5-31)44-25/h2,8-26,29-32,34-42H,3-6H2,1H3,(H,27,33)/t8-,9+,10+,11+,12+,13+,14+,15+,16-,17+,18-,19+,20+,21+,22-,23+,24-,25-,26-/m0/s1. The lowest BCUT2D eigenvalue weighted by atomic mass is 9.94. The van der Waals surface area contributed by atoms with Gasteiger partial charge in [0.1, 0.15) is 97.6 Å². The molecule has 0 aromatic carbocycles. The normalized spacial score (nSPS) is 43.2. The van der Waals surface area contributed by atoms with Gasteiger partial charge in [-0.3, -0.25) is 4.79 Å². The molecule has 0 aromatic rings. The van der Waals surface area contributed by atoms with E-state index in [0.717, 1.165) is 6.92 Å². The number of carbonyl (C=O) groups excluding carboxylic acids is 2. The van der Waals surface area contributed by atoms with E-state index in [1.807, 2.05) is 0 Å². The van der Waals surface area contributed by atoms with Crippen LogP contribution in [0.4, 0.5) is 0 Å². The lowest BCUT2D eigenvalue weighted by molar-refractivity contribution is -0.387. The zero-order chi connectivity index (χ0) is 36.0. The van der Waals surface area contributed by atoms with Crippen molar-refractivity contribution in [3.05, 3.63) is 0 Å². The van der Waals surface area contributed by atoms with E-state index in [-0.39, 0.29) is 6.29 Å². The first-order valence-corrected chi connectivity index (χ1v) is 14.9. The third kappa shape index (κ3) is 8.99. The molecule has 0 unspecified atom stereocenters. The molecule has 19 atom stereocenters. The van der Waals surface area contributed by atoms with Gasteiger partial charge in [0, 0.05) is 6.92 Å². The molecule has 22 heteroatoms. The van der Waals surface area contributed by atoms with Gasteiger partial charge in [-0.25, -0.2) is 0 Å². The second kappa shape index (κ2) is 18.0. The molecule has 0 radical (unpaired) electrons. The molecule has 22 nitrogen and oxygen atoms in total. The van der Waals surface area contributed by atoms with Gasteiger partial charge in [0.25, 0.3) is 0 Å². The van der Waals surface area contributed by atoms with Crippen LogP contribution in [0.15, 0.2) is 0 Å². The Bertz CT molecular complexity index is 1010. The molecule has 1 amide bonds. The first-order valence-electron chi connectivity index (χ1n) is 14.9. The van der Waals surface area contributed by atoms with E-state index >= 15 is 0 Å². The number of hydrogen-bond acceptors (Lipinski definition) is 21. The van der Waals surface area contributed by atoms with Crippen molar-refractivity contribution in [1.29, 1.82) is 0 Å². The third-order valence-electron chi connectivity index (χ3n) is 8.16. The predicted molar refractivity (Wildman–Crippen MR) is 147 cm³/mol. The summed E-state index contributed by atoms with van der Waals surface area (Å²) in [5.74, 6) is -0.759. The maximum absolute atomic E-state index is 12.0. The lowest BCUT2D eigenvalue weighted by Crippen LogP contribution is -2.69. The summed E-state index contributed by atoms with van der Waals surface area (Å²) < 4.78 is 33.6. The Labute approximate surface area is 272 Å². The minimum absolute atomic E-state index is 0.115. The largest absolute Gasteiger partial charge is 0.394 e. The van der Waals surface area contributed by atoms with Crippen LogP contribution in [0.1, 0.15) is 6.92 Å². The zero-order valence-electron chi connectivity index (χ0n) is 25.5. The molecule has 280 valence electrons. The van der Waals surface area contributed by atoms with E-state index in [9.17, 15) is 76.0 Å². The van der Waals surface area contributed by atoms with Crippen molar-refractivity contribution >= 4 is 12.2 Å².